The van der Waals surface area contributed by atoms with Crippen LogP contribution in [-0.2, 0) is 16.1 Å². The minimum Gasteiger partial charge on any atom is -0.410 e. The first-order chi connectivity index (χ1) is 17.1. The van der Waals surface area contributed by atoms with Gasteiger partial charge in [0.2, 0.25) is 11.8 Å². The molecule has 1 N–H and O–H groups in total. The van der Waals surface area contributed by atoms with E-state index in [4.69, 9.17) is 16.3 Å². The highest BCUT2D eigenvalue weighted by Gasteiger charge is 2.39. The molecule has 184 valence electrons. The molecule has 0 spiro atoms. The van der Waals surface area contributed by atoms with Crippen molar-refractivity contribution >= 4 is 41.1 Å². The summed E-state index contributed by atoms with van der Waals surface area (Å²) in [6, 6.07) is 9.26. The number of fused-ring (bicyclic) bond motifs is 1. The average molecular weight is 506 g/mol. The van der Waals surface area contributed by atoms with Gasteiger partial charge in [-0.3, -0.25) is 24.6 Å². The third-order valence-corrected chi connectivity index (χ3v) is 7.14. The molecule has 0 bridgehead atoms. The van der Waals surface area contributed by atoms with E-state index in [9.17, 15) is 19.2 Å². The largest absolute Gasteiger partial charge is 0.419 e. The van der Waals surface area contributed by atoms with Crippen LogP contribution in [0.25, 0.3) is 0 Å². The minimum absolute atomic E-state index is 0.0446. The molecule has 5 rings (SSSR count). The number of halogens is 1. The fraction of sp³-hybridized carbons (Fsp3) is 0.333. The molecule has 2 heterocycles. The first kappa shape index (κ1) is 23.9. The van der Waals surface area contributed by atoms with Crippen molar-refractivity contribution in [2.75, 3.05) is 11.9 Å². The van der Waals surface area contributed by atoms with E-state index in [-0.39, 0.29) is 42.4 Å². The summed E-state index contributed by atoms with van der Waals surface area (Å²) in [5.74, 6) is 5.42. The predicted molar refractivity (Wildman–Crippen MR) is 133 cm³/mol. The lowest BCUT2D eigenvalue weighted by Gasteiger charge is -2.29. The lowest BCUT2D eigenvalue weighted by atomic mass is 10.0. The Morgan fingerprint density at radius 2 is 1.97 bits per heavy atom. The number of amides is 4. The summed E-state index contributed by atoms with van der Waals surface area (Å²) in [4.78, 5) is 52.3. The molecule has 1 saturated heterocycles. The number of carbonyl (C=O) groups excluding carboxylic acids is 4. The first-order valence-electron chi connectivity index (χ1n) is 11.7. The number of hydrogen-bond donors (Lipinski definition) is 1. The number of rotatable bonds is 3. The summed E-state index contributed by atoms with van der Waals surface area (Å²) in [6.07, 6.45) is 1.96. The highest BCUT2D eigenvalue weighted by molar-refractivity contribution is 6.31. The van der Waals surface area contributed by atoms with Gasteiger partial charge >= 0.3 is 6.09 Å². The molecule has 1 saturated carbocycles. The maximum atomic E-state index is 13.0. The number of carbonyl (C=O) groups is 4. The summed E-state index contributed by atoms with van der Waals surface area (Å²) in [5.41, 5.74) is 2.34. The Morgan fingerprint density at radius 1 is 1.19 bits per heavy atom. The van der Waals surface area contributed by atoms with E-state index in [1.165, 1.54) is 15.9 Å². The van der Waals surface area contributed by atoms with Crippen LogP contribution in [0.1, 0.15) is 54.1 Å². The molecule has 1 unspecified atom stereocenters. The molecule has 36 heavy (non-hydrogen) atoms. The fourth-order valence-electron chi connectivity index (χ4n) is 4.22. The Balaban J connectivity index is 1.29. The van der Waals surface area contributed by atoms with E-state index in [0.29, 0.717) is 21.8 Å². The summed E-state index contributed by atoms with van der Waals surface area (Å²) < 4.78 is 5.54. The van der Waals surface area contributed by atoms with Gasteiger partial charge < -0.3 is 9.64 Å². The second kappa shape index (κ2) is 8.99. The zero-order valence-electron chi connectivity index (χ0n) is 19.9. The quantitative estimate of drug-likeness (QED) is 0.504. The maximum Gasteiger partial charge on any atom is 0.419 e. The Kier molecular flexibility index (Phi) is 5.97. The molecule has 2 aromatic rings. The van der Waals surface area contributed by atoms with Gasteiger partial charge in [-0.25, -0.2) is 4.79 Å². The smallest absolute Gasteiger partial charge is 0.410 e. The van der Waals surface area contributed by atoms with Crippen LogP contribution in [0.5, 0.6) is 5.75 Å². The number of anilines is 1. The minimum atomic E-state index is -0.704. The van der Waals surface area contributed by atoms with Crippen LogP contribution in [0.3, 0.4) is 0 Å². The molecule has 2 aliphatic heterocycles. The zero-order valence-corrected chi connectivity index (χ0v) is 20.6. The molecule has 9 heteroatoms. The highest BCUT2D eigenvalue weighted by atomic mass is 35.5. The van der Waals surface area contributed by atoms with E-state index < -0.39 is 18.0 Å². The first-order valence-corrected chi connectivity index (χ1v) is 12.1. The van der Waals surface area contributed by atoms with Gasteiger partial charge in [-0.15, -0.1) is 0 Å². The van der Waals surface area contributed by atoms with Crippen LogP contribution in [-0.4, -0.2) is 41.8 Å². The number of nitrogens with one attached hydrogen (secondary N) is 1. The van der Waals surface area contributed by atoms with Crippen molar-refractivity contribution in [1.29, 1.82) is 0 Å². The van der Waals surface area contributed by atoms with Gasteiger partial charge in [-0.2, -0.15) is 0 Å². The summed E-state index contributed by atoms with van der Waals surface area (Å²) in [5, 5.41) is 2.79. The SMILES string of the molecule is CN(C(=O)Oc1ccc2c(c1)C(=O)N(C1CCC(=O)NC1=O)C2)c1ccc(Cl)c(C#CC2(C)CC2)c1. The van der Waals surface area contributed by atoms with E-state index in [1.807, 2.05) is 0 Å². The fourth-order valence-corrected chi connectivity index (χ4v) is 4.39. The monoisotopic (exact) mass is 505 g/mol. The number of hydrogen-bond acceptors (Lipinski definition) is 5. The summed E-state index contributed by atoms with van der Waals surface area (Å²) >= 11 is 6.30. The second-order valence-corrected chi connectivity index (χ2v) is 10.0. The van der Waals surface area contributed by atoms with Crippen molar-refractivity contribution in [3.63, 3.8) is 0 Å². The van der Waals surface area contributed by atoms with Crippen LogP contribution < -0.4 is 15.0 Å². The van der Waals surface area contributed by atoms with Gasteiger partial charge in [0.15, 0.2) is 0 Å². The highest BCUT2D eigenvalue weighted by Crippen LogP contribution is 2.44. The van der Waals surface area contributed by atoms with Gasteiger partial charge in [0.1, 0.15) is 11.8 Å². The molecule has 2 aromatic carbocycles. The summed E-state index contributed by atoms with van der Waals surface area (Å²) in [6.45, 7) is 2.36. The van der Waals surface area contributed by atoms with Crippen LogP contribution in [0.15, 0.2) is 36.4 Å². The zero-order chi connectivity index (χ0) is 25.6. The standard InChI is InChI=1S/C27H24ClN3O5/c1-27(11-12-27)10-9-16-13-18(4-6-21(16)28)30(2)26(35)36-19-5-3-17-15-31(25(34)20(17)14-19)22-7-8-23(32)29-24(22)33/h3-6,13-14,22H,7-8,11-12,15H2,1-2H3,(H,29,32,33). The van der Waals surface area contributed by atoms with E-state index in [0.717, 1.165) is 18.4 Å². The van der Waals surface area contributed by atoms with E-state index >= 15 is 0 Å². The van der Waals surface area contributed by atoms with Crippen molar-refractivity contribution in [2.24, 2.45) is 5.41 Å². The van der Waals surface area contributed by atoms with E-state index in [1.54, 1.807) is 37.4 Å². The van der Waals surface area contributed by atoms with Crippen molar-refractivity contribution in [1.82, 2.24) is 10.2 Å². The Morgan fingerprint density at radius 3 is 2.69 bits per heavy atom. The van der Waals surface area contributed by atoms with Gasteiger partial charge in [0.25, 0.3) is 5.91 Å². The lowest BCUT2D eigenvalue weighted by molar-refractivity contribution is -0.136. The molecular weight excluding hydrogens is 482 g/mol. The molecule has 0 radical (unpaired) electrons. The number of imide groups is 1. The van der Waals surface area contributed by atoms with Crippen molar-refractivity contribution in [3.05, 3.63) is 58.1 Å². The lowest BCUT2D eigenvalue weighted by Crippen LogP contribution is -2.52. The average Bonchev–Trinajstić information content (AvgIpc) is 3.50. The predicted octanol–water partition coefficient (Wildman–Crippen LogP) is 3.89. The Bertz CT molecular complexity index is 1370. The van der Waals surface area contributed by atoms with Gasteiger partial charge in [0.05, 0.1) is 5.02 Å². The summed E-state index contributed by atoms with van der Waals surface area (Å²) in [7, 11) is 1.58. The molecule has 1 aliphatic carbocycles. The molecular formula is C27H24ClN3O5. The van der Waals surface area contributed by atoms with Crippen molar-refractivity contribution in [2.45, 2.75) is 45.2 Å². The Hall–Kier alpha value is -3.83. The topological polar surface area (TPSA) is 96.0 Å². The second-order valence-electron chi connectivity index (χ2n) is 9.62. The van der Waals surface area contributed by atoms with Crippen LogP contribution in [0.2, 0.25) is 5.02 Å². The molecule has 0 aromatic heterocycles. The number of benzene rings is 2. The van der Waals surface area contributed by atoms with Gasteiger partial charge in [-0.1, -0.05) is 29.5 Å². The number of nitrogens with zero attached hydrogens (tertiary/aromatic N) is 2. The maximum absolute atomic E-state index is 13.0. The van der Waals surface area contributed by atoms with Crippen LogP contribution >= 0.6 is 11.6 Å². The molecule has 1 atom stereocenters. The number of ether oxygens (including phenoxy) is 1. The van der Waals surface area contributed by atoms with Crippen LogP contribution in [0.4, 0.5) is 10.5 Å². The van der Waals surface area contributed by atoms with Gasteiger partial charge in [0, 0.05) is 42.2 Å². The Labute approximate surface area is 213 Å². The molecule has 8 nitrogen and oxygen atoms in total. The molecule has 2 fully saturated rings. The van der Waals surface area contributed by atoms with Crippen molar-refractivity contribution in [3.8, 4) is 17.6 Å². The third kappa shape index (κ3) is 4.67. The molecule has 3 aliphatic rings. The number of piperidine rings is 1. The van der Waals surface area contributed by atoms with Gasteiger partial charge in [-0.05, 0) is 62.1 Å². The van der Waals surface area contributed by atoms with Crippen molar-refractivity contribution < 1.29 is 23.9 Å². The normalized spacial score (nSPS) is 19.7. The van der Waals surface area contributed by atoms with E-state index in [2.05, 4.69) is 24.1 Å². The van der Waals surface area contributed by atoms with Crippen LogP contribution in [0, 0.1) is 17.3 Å². The molecule has 4 amide bonds. The third-order valence-electron chi connectivity index (χ3n) is 6.81.